The van der Waals surface area contributed by atoms with Crippen molar-refractivity contribution in [3.63, 3.8) is 0 Å². The summed E-state index contributed by atoms with van der Waals surface area (Å²) in [5.74, 6) is 0.861. The molecule has 0 saturated carbocycles. The van der Waals surface area contributed by atoms with E-state index in [0.29, 0.717) is 11.0 Å². The van der Waals surface area contributed by atoms with Gasteiger partial charge >= 0.3 is 0 Å². The Balaban J connectivity index is 1.57. The number of aromatic amines is 1. The molecule has 122 valence electrons. The molecule has 0 unspecified atom stereocenters. The van der Waals surface area contributed by atoms with E-state index in [-0.39, 0.29) is 11.7 Å². The van der Waals surface area contributed by atoms with Crippen molar-refractivity contribution in [2.24, 2.45) is 0 Å². The standard InChI is InChI=1S/C17H15BrN4OS/c1-11-3-2-4-12(9-11)16-20-17(22-21-16)24-10-15(23)19-14-7-5-13(18)6-8-14/h2-9H,10H2,1H3,(H,19,23)(H,20,21,22). The summed E-state index contributed by atoms with van der Waals surface area (Å²) in [5.41, 5.74) is 2.90. The van der Waals surface area contributed by atoms with Gasteiger partial charge in [0.05, 0.1) is 5.75 Å². The van der Waals surface area contributed by atoms with Crippen LogP contribution in [-0.2, 0) is 4.79 Å². The van der Waals surface area contributed by atoms with Crippen LogP contribution < -0.4 is 5.32 Å². The van der Waals surface area contributed by atoms with Crippen molar-refractivity contribution in [2.75, 3.05) is 11.1 Å². The van der Waals surface area contributed by atoms with Crippen molar-refractivity contribution >= 4 is 39.3 Å². The average molecular weight is 403 g/mol. The number of thioether (sulfide) groups is 1. The summed E-state index contributed by atoms with van der Waals surface area (Å²) in [6, 6.07) is 15.5. The SMILES string of the molecule is Cc1cccc(-c2nc(SCC(=O)Nc3ccc(Br)cc3)n[nH]2)c1. The third kappa shape index (κ3) is 4.46. The highest BCUT2D eigenvalue weighted by atomic mass is 79.9. The van der Waals surface area contributed by atoms with Crippen LogP contribution in [0.15, 0.2) is 58.2 Å². The Morgan fingerprint density at radius 2 is 2.04 bits per heavy atom. The molecular weight excluding hydrogens is 388 g/mol. The Bertz CT molecular complexity index is 848. The van der Waals surface area contributed by atoms with Crippen LogP contribution in [0.1, 0.15) is 5.56 Å². The number of anilines is 1. The van der Waals surface area contributed by atoms with Crippen LogP contribution in [0.5, 0.6) is 0 Å². The number of nitrogens with one attached hydrogen (secondary N) is 2. The van der Waals surface area contributed by atoms with Crippen LogP contribution in [-0.4, -0.2) is 26.8 Å². The van der Waals surface area contributed by atoms with Gasteiger partial charge in [0.2, 0.25) is 11.1 Å². The molecule has 0 aliphatic carbocycles. The molecule has 0 bridgehead atoms. The second-order valence-corrected chi connectivity index (χ2v) is 7.04. The molecule has 24 heavy (non-hydrogen) atoms. The fourth-order valence-electron chi connectivity index (χ4n) is 2.09. The van der Waals surface area contributed by atoms with Crippen LogP contribution in [0.4, 0.5) is 5.69 Å². The van der Waals surface area contributed by atoms with Crippen molar-refractivity contribution in [3.8, 4) is 11.4 Å². The Labute approximate surface area is 152 Å². The van der Waals surface area contributed by atoms with E-state index >= 15 is 0 Å². The fraction of sp³-hybridized carbons (Fsp3) is 0.118. The predicted octanol–water partition coefficient (Wildman–Crippen LogP) is 4.27. The van der Waals surface area contributed by atoms with Crippen LogP contribution >= 0.6 is 27.7 Å². The van der Waals surface area contributed by atoms with E-state index in [1.807, 2.05) is 55.5 Å². The second kappa shape index (κ2) is 7.63. The number of halogens is 1. The molecule has 7 heteroatoms. The predicted molar refractivity (Wildman–Crippen MR) is 100 cm³/mol. The maximum Gasteiger partial charge on any atom is 0.234 e. The minimum absolute atomic E-state index is 0.0933. The Kier molecular flexibility index (Phi) is 5.32. The molecule has 0 fully saturated rings. The quantitative estimate of drug-likeness (QED) is 0.624. The molecule has 0 atom stereocenters. The molecule has 0 radical (unpaired) electrons. The molecule has 2 N–H and O–H groups in total. The normalized spacial score (nSPS) is 10.6. The van der Waals surface area contributed by atoms with Crippen LogP contribution in [0, 0.1) is 6.92 Å². The Morgan fingerprint density at radius 3 is 2.79 bits per heavy atom. The highest BCUT2D eigenvalue weighted by Crippen LogP contribution is 2.20. The first kappa shape index (κ1) is 16.7. The van der Waals surface area contributed by atoms with Gasteiger partial charge in [0, 0.05) is 15.7 Å². The number of nitrogens with zero attached hydrogens (tertiary/aromatic N) is 2. The van der Waals surface area contributed by atoms with E-state index in [2.05, 4.69) is 36.4 Å². The summed E-state index contributed by atoms with van der Waals surface area (Å²) >= 11 is 4.66. The summed E-state index contributed by atoms with van der Waals surface area (Å²) in [4.78, 5) is 16.4. The third-order valence-electron chi connectivity index (χ3n) is 3.22. The van der Waals surface area contributed by atoms with Gasteiger partial charge in [-0.05, 0) is 37.3 Å². The van der Waals surface area contributed by atoms with Crippen LogP contribution in [0.25, 0.3) is 11.4 Å². The van der Waals surface area contributed by atoms with Gasteiger partial charge in [0.1, 0.15) is 0 Å². The van der Waals surface area contributed by atoms with E-state index in [9.17, 15) is 4.79 Å². The highest BCUT2D eigenvalue weighted by molar-refractivity contribution is 9.10. The summed E-state index contributed by atoms with van der Waals surface area (Å²) in [6.45, 7) is 2.03. The minimum atomic E-state index is -0.0933. The summed E-state index contributed by atoms with van der Waals surface area (Å²) in [6.07, 6.45) is 0. The highest BCUT2D eigenvalue weighted by Gasteiger charge is 2.09. The number of benzene rings is 2. The number of aryl methyl sites for hydroxylation is 1. The molecule has 0 aliphatic rings. The second-order valence-electron chi connectivity index (χ2n) is 5.18. The van der Waals surface area contributed by atoms with Gasteiger partial charge in [-0.1, -0.05) is 51.5 Å². The summed E-state index contributed by atoms with van der Waals surface area (Å²) < 4.78 is 0.972. The monoisotopic (exact) mass is 402 g/mol. The zero-order chi connectivity index (χ0) is 16.9. The minimum Gasteiger partial charge on any atom is -0.325 e. The maximum atomic E-state index is 12.0. The molecule has 5 nitrogen and oxygen atoms in total. The lowest BCUT2D eigenvalue weighted by Crippen LogP contribution is -2.13. The number of hydrogen-bond acceptors (Lipinski definition) is 4. The zero-order valence-electron chi connectivity index (χ0n) is 12.9. The fourth-order valence-corrected chi connectivity index (χ4v) is 2.96. The van der Waals surface area contributed by atoms with Crippen molar-refractivity contribution < 1.29 is 4.79 Å². The molecule has 0 saturated heterocycles. The molecule has 1 aromatic heterocycles. The number of H-pyrrole nitrogens is 1. The molecule has 2 aromatic carbocycles. The first-order chi connectivity index (χ1) is 11.6. The molecule has 1 amide bonds. The van der Waals surface area contributed by atoms with Gasteiger partial charge in [-0.25, -0.2) is 4.98 Å². The summed E-state index contributed by atoms with van der Waals surface area (Å²) in [5, 5.41) is 10.5. The maximum absolute atomic E-state index is 12.0. The smallest absolute Gasteiger partial charge is 0.234 e. The van der Waals surface area contributed by atoms with Gasteiger partial charge in [0.15, 0.2) is 5.82 Å². The first-order valence-corrected chi connectivity index (χ1v) is 9.06. The van der Waals surface area contributed by atoms with Crippen LogP contribution in [0.3, 0.4) is 0 Å². The number of aromatic nitrogens is 3. The lowest BCUT2D eigenvalue weighted by molar-refractivity contribution is -0.113. The van der Waals surface area contributed by atoms with Crippen LogP contribution in [0.2, 0.25) is 0 Å². The lowest BCUT2D eigenvalue weighted by atomic mass is 10.1. The zero-order valence-corrected chi connectivity index (χ0v) is 15.3. The Hall–Kier alpha value is -2.12. The van der Waals surface area contributed by atoms with Gasteiger partial charge < -0.3 is 5.32 Å². The van der Waals surface area contributed by atoms with Crippen molar-refractivity contribution in [1.82, 2.24) is 15.2 Å². The number of hydrogen-bond donors (Lipinski definition) is 2. The van der Waals surface area contributed by atoms with Gasteiger partial charge in [-0.2, -0.15) is 0 Å². The molecular formula is C17H15BrN4OS. The third-order valence-corrected chi connectivity index (χ3v) is 4.59. The van der Waals surface area contributed by atoms with E-state index in [4.69, 9.17) is 0 Å². The molecule has 0 aliphatic heterocycles. The molecule has 3 rings (SSSR count). The Morgan fingerprint density at radius 1 is 1.25 bits per heavy atom. The topological polar surface area (TPSA) is 70.7 Å². The van der Waals surface area contributed by atoms with Gasteiger partial charge in [0.25, 0.3) is 0 Å². The van der Waals surface area contributed by atoms with E-state index in [1.165, 1.54) is 11.8 Å². The molecule has 3 aromatic rings. The number of carbonyl (C=O) groups is 1. The number of amides is 1. The molecule has 0 spiro atoms. The largest absolute Gasteiger partial charge is 0.325 e. The van der Waals surface area contributed by atoms with E-state index in [0.717, 1.165) is 21.3 Å². The van der Waals surface area contributed by atoms with Crippen molar-refractivity contribution in [3.05, 3.63) is 58.6 Å². The summed E-state index contributed by atoms with van der Waals surface area (Å²) in [7, 11) is 0. The average Bonchev–Trinajstić information content (AvgIpc) is 3.04. The van der Waals surface area contributed by atoms with Crippen molar-refractivity contribution in [2.45, 2.75) is 12.1 Å². The van der Waals surface area contributed by atoms with Gasteiger partial charge in [-0.3, -0.25) is 9.89 Å². The van der Waals surface area contributed by atoms with Crippen molar-refractivity contribution in [1.29, 1.82) is 0 Å². The number of rotatable bonds is 5. The number of carbonyl (C=O) groups excluding carboxylic acids is 1. The van der Waals surface area contributed by atoms with E-state index in [1.54, 1.807) is 0 Å². The van der Waals surface area contributed by atoms with Gasteiger partial charge in [-0.15, -0.1) is 5.10 Å². The first-order valence-electron chi connectivity index (χ1n) is 7.28. The van der Waals surface area contributed by atoms with E-state index < -0.39 is 0 Å². The lowest BCUT2D eigenvalue weighted by Gasteiger charge is -2.03. The molecule has 1 heterocycles.